The van der Waals surface area contributed by atoms with Crippen molar-refractivity contribution in [3.63, 3.8) is 0 Å². The van der Waals surface area contributed by atoms with Gasteiger partial charge in [-0.2, -0.15) is 9.40 Å². The SMILES string of the molecule is CCc1nnc(NCc2cccc(S(=O)(=O)N3CCCCC3)c2)nc1CC. The zero-order valence-electron chi connectivity index (χ0n) is 16.0. The summed E-state index contributed by atoms with van der Waals surface area (Å²) in [6.07, 6.45) is 4.56. The third-order valence-electron chi connectivity index (χ3n) is 4.81. The van der Waals surface area contributed by atoms with Crippen LogP contribution in [0.15, 0.2) is 29.2 Å². The number of aryl methyl sites for hydroxylation is 2. The van der Waals surface area contributed by atoms with Crippen molar-refractivity contribution in [2.75, 3.05) is 18.4 Å². The fourth-order valence-electron chi connectivity index (χ4n) is 3.26. The molecule has 2 heterocycles. The van der Waals surface area contributed by atoms with Gasteiger partial charge in [-0.1, -0.05) is 32.4 Å². The summed E-state index contributed by atoms with van der Waals surface area (Å²) >= 11 is 0. The number of anilines is 1. The van der Waals surface area contributed by atoms with Crippen LogP contribution in [0.4, 0.5) is 5.95 Å². The minimum Gasteiger partial charge on any atom is -0.349 e. The van der Waals surface area contributed by atoms with Gasteiger partial charge in [0.25, 0.3) is 0 Å². The first-order valence-electron chi connectivity index (χ1n) is 9.60. The van der Waals surface area contributed by atoms with Gasteiger partial charge in [0.2, 0.25) is 16.0 Å². The Balaban J connectivity index is 1.72. The summed E-state index contributed by atoms with van der Waals surface area (Å²) in [5.74, 6) is 0.466. The molecule has 1 aromatic carbocycles. The van der Waals surface area contributed by atoms with Crippen LogP contribution in [0.2, 0.25) is 0 Å². The van der Waals surface area contributed by atoms with Gasteiger partial charge in [0, 0.05) is 19.6 Å². The first-order valence-corrected chi connectivity index (χ1v) is 11.0. The zero-order valence-corrected chi connectivity index (χ0v) is 16.8. The second-order valence-corrected chi connectivity index (χ2v) is 8.64. The Labute approximate surface area is 161 Å². The third kappa shape index (κ3) is 4.62. The first kappa shape index (κ1) is 19.7. The van der Waals surface area contributed by atoms with Crippen molar-refractivity contribution in [2.45, 2.75) is 57.4 Å². The molecular formula is C19H27N5O2S. The minimum absolute atomic E-state index is 0.346. The van der Waals surface area contributed by atoms with Crippen LogP contribution in [-0.2, 0) is 29.4 Å². The predicted octanol–water partition coefficient (Wildman–Crippen LogP) is 2.78. The van der Waals surface area contributed by atoms with Crippen LogP contribution in [0, 0.1) is 0 Å². The van der Waals surface area contributed by atoms with Crippen molar-refractivity contribution in [3.8, 4) is 0 Å². The normalized spacial score (nSPS) is 15.6. The molecule has 1 fully saturated rings. The van der Waals surface area contributed by atoms with E-state index in [0.29, 0.717) is 30.5 Å². The van der Waals surface area contributed by atoms with Crippen molar-refractivity contribution < 1.29 is 8.42 Å². The lowest BCUT2D eigenvalue weighted by Crippen LogP contribution is -2.35. The monoisotopic (exact) mass is 389 g/mol. The van der Waals surface area contributed by atoms with Gasteiger partial charge in [-0.05, 0) is 43.4 Å². The van der Waals surface area contributed by atoms with E-state index in [4.69, 9.17) is 0 Å². The molecule has 0 unspecified atom stereocenters. The molecule has 146 valence electrons. The lowest BCUT2D eigenvalue weighted by Gasteiger charge is -2.26. The number of benzene rings is 1. The number of rotatable bonds is 7. The summed E-state index contributed by atoms with van der Waals surface area (Å²) in [6.45, 7) is 5.73. The molecule has 0 atom stereocenters. The maximum Gasteiger partial charge on any atom is 0.243 e. The Kier molecular flexibility index (Phi) is 6.38. The predicted molar refractivity (Wildman–Crippen MR) is 105 cm³/mol. The largest absolute Gasteiger partial charge is 0.349 e. The topological polar surface area (TPSA) is 88.1 Å². The molecule has 0 aliphatic carbocycles. The maximum absolute atomic E-state index is 12.8. The molecule has 0 radical (unpaired) electrons. The van der Waals surface area contributed by atoms with Gasteiger partial charge in [-0.15, -0.1) is 5.10 Å². The lowest BCUT2D eigenvalue weighted by atomic mass is 10.2. The van der Waals surface area contributed by atoms with Gasteiger partial charge >= 0.3 is 0 Å². The molecular weight excluding hydrogens is 362 g/mol. The van der Waals surface area contributed by atoms with E-state index in [9.17, 15) is 8.42 Å². The minimum atomic E-state index is -3.43. The molecule has 1 saturated heterocycles. The van der Waals surface area contributed by atoms with Crippen LogP contribution < -0.4 is 5.32 Å². The summed E-state index contributed by atoms with van der Waals surface area (Å²) in [7, 11) is -3.43. The van der Waals surface area contributed by atoms with Crippen LogP contribution in [0.5, 0.6) is 0 Å². The molecule has 1 aromatic heterocycles. The molecule has 1 aliphatic heterocycles. The Morgan fingerprint density at radius 1 is 1.04 bits per heavy atom. The highest BCUT2D eigenvalue weighted by Gasteiger charge is 2.25. The van der Waals surface area contributed by atoms with Crippen LogP contribution >= 0.6 is 0 Å². The number of piperidine rings is 1. The smallest absolute Gasteiger partial charge is 0.243 e. The second kappa shape index (κ2) is 8.75. The van der Waals surface area contributed by atoms with Crippen molar-refractivity contribution in [1.82, 2.24) is 19.5 Å². The number of hydrogen-bond donors (Lipinski definition) is 1. The molecule has 1 N–H and O–H groups in total. The molecule has 1 aliphatic rings. The molecule has 0 saturated carbocycles. The number of aromatic nitrogens is 3. The second-order valence-electron chi connectivity index (χ2n) is 6.70. The van der Waals surface area contributed by atoms with Crippen LogP contribution in [0.1, 0.15) is 50.1 Å². The van der Waals surface area contributed by atoms with Gasteiger partial charge in [-0.3, -0.25) is 0 Å². The van der Waals surface area contributed by atoms with Crippen LogP contribution in [0.25, 0.3) is 0 Å². The summed E-state index contributed by atoms with van der Waals surface area (Å²) in [6, 6.07) is 7.07. The quantitative estimate of drug-likeness (QED) is 0.783. The van der Waals surface area contributed by atoms with Gasteiger partial charge in [-0.25, -0.2) is 13.4 Å². The summed E-state index contributed by atoms with van der Waals surface area (Å²) in [5.41, 5.74) is 2.73. The highest BCUT2D eigenvalue weighted by molar-refractivity contribution is 7.89. The van der Waals surface area contributed by atoms with Gasteiger partial charge in [0.1, 0.15) is 0 Å². The average molecular weight is 390 g/mol. The van der Waals surface area contributed by atoms with Crippen molar-refractivity contribution >= 4 is 16.0 Å². The van der Waals surface area contributed by atoms with Crippen LogP contribution in [-0.4, -0.2) is 41.0 Å². The Bertz CT molecular complexity index is 879. The molecule has 0 amide bonds. The van der Waals surface area contributed by atoms with Gasteiger partial charge in [0.05, 0.1) is 16.3 Å². The van der Waals surface area contributed by atoms with E-state index in [1.54, 1.807) is 22.5 Å². The fourth-order valence-corrected chi connectivity index (χ4v) is 4.85. The Morgan fingerprint density at radius 3 is 2.48 bits per heavy atom. The standard InChI is InChI=1S/C19H27N5O2S/c1-3-17-18(4-2)22-23-19(21-17)20-14-15-9-8-10-16(13-15)27(25,26)24-11-6-5-7-12-24/h8-10,13H,3-7,11-12,14H2,1-2H3,(H,20,21,23). The summed E-state index contributed by atoms with van der Waals surface area (Å²) in [4.78, 5) is 4.86. The Morgan fingerprint density at radius 2 is 1.78 bits per heavy atom. The number of nitrogens with zero attached hydrogens (tertiary/aromatic N) is 4. The van der Waals surface area contributed by atoms with E-state index in [1.807, 2.05) is 19.9 Å². The summed E-state index contributed by atoms with van der Waals surface area (Å²) in [5, 5.41) is 11.5. The van der Waals surface area contributed by atoms with Gasteiger partial charge < -0.3 is 5.32 Å². The van der Waals surface area contributed by atoms with Crippen molar-refractivity contribution in [1.29, 1.82) is 0 Å². The molecule has 8 heteroatoms. The molecule has 0 spiro atoms. The Hall–Kier alpha value is -2.06. The first-order chi connectivity index (χ1) is 13.0. The van der Waals surface area contributed by atoms with Gasteiger partial charge in [0.15, 0.2) is 0 Å². The van der Waals surface area contributed by atoms with E-state index in [1.165, 1.54) is 0 Å². The number of nitrogens with one attached hydrogen (secondary N) is 1. The third-order valence-corrected chi connectivity index (χ3v) is 6.71. The molecule has 27 heavy (non-hydrogen) atoms. The van der Waals surface area contributed by atoms with E-state index >= 15 is 0 Å². The average Bonchev–Trinajstić information content (AvgIpc) is 2.72. The van der Waals surface area contributed by atoms with E-state index in [2.05, 4.69) is 20.5 Å². The molecule has 7 nitrogen and oxygen atoms in total. The highest BCUT2D eigenvalue weighted by atomic mass is 32.2. The lowest BCUT2D eigenvalue weighted by molar-refractivity contribution is 0.346. The molecule has 3 rings (SSSR count). The zero-order chi connectivity index (χ0) is 19.3. The van der Waals surface area contributed by atoms with E-state index < -0.39 is 10.0 Å². The number of hydrogen-bond acceptors (Lipinski definition) is 6. The highest BCUT2D eigenvalue weighted by Crippen LogP contribution is 2.21. The van der Waals surface area contributed by atoms with Crippen LogP contribution in [0.3, 0.4) is 0 Å². The van der Waals surface area contributed by atoms with E-state index in [-0.39, 0.29) is 0 Å². The van der Waals surface area contributed by atoms with E-state index in [0.717, 1.165) is 49.1 Å². The maximum atomic E-state index is 12.8. The molecule has 0 bridgehead atoms. The van der Waals surface area contributed by atoms with Crippen molar-refractivity contribution in [3.05, 3.63) is 41.2 Å². The summed E-state index contributed by atoms with van der Waals surface area (Å²) < 4.78 is 27.3. The fraction of sp³-hybridized carbons (Fsp3) is 0.526. The van der Waals surface area contributed by atoms with Crippen molar-refractivity contribution in [2.24, 2.45) is 0 Å². The molecule has 2 aromatic rings. The number of sulfonamides is 1.